The number of pyridine rings is 1. The fourth-order valence-electron chi connectivity index (χ4n) is 1.64. The lowest BCUT2D eigenvalue weighted by molar-refractivity contribution is 0.0690. The van der Waals surface area contributed by atoms with E-state index in [2.05, 4.69) is 4.98 Å². The van der Waals surface area contributed by atoms with Crippen molar-refractivity contribution in [2.75, 3.05) is 14.2 Å². The maximum absolute atomic E-state index is 10.8. The van der Waals surface area contributed by atoms with Crippen molar-refractivity contribution < 1.29 is 24.5 Å². The lowest BCUT2D eigenvalue weighted by Gasteiger charge is -2.10. The number of rotatable bonds is 3. The molecule has 0 fully saturated rings. The van der Waals surface area contributed by atoms with E-state index in [9.17, 15) is 9.90 Å². The zero-order valence-corrected chi connectivity index (χ0v) is 9.80. The Morgan fingerprint density at radius 1 is 1.17 bits per heavy atom. The van der Waals surface area contributed by atoms with Crippen LogP contribution >= 0.6 is 0 Å². The Labute approximate surface area is 102 Å². The normalized spacial score (nSPS) is 10.3. The van der Waals surface area contributed by atoms with Gasteiger partial charge in [0.2, 0.25) is 0 Å². The van der Waals surface area contributed by atoms with E-state index in [1.807, 2.05) is 0 Å². The van der Waals surface area contributed by atoms with Crippen LogP contribution < -0.4 is 9.47 Å². The summed E-state index contributed by atoms with van der Waals surface area (Å²) in [7, 11) is 2.93. The van der Waals surface area contributed by atoms with Crippen molar-refractivity contribution in [1.82, 2.24) is 4.98 Å². The second-order valence-corrected chi connectivity index (χ2v) is 3.56. The first-order chi connectivity index (χ1) is 8.56. The third-order valence-electron chi connectivity index (χ3n) is 2.51. The molecule has 18 heavy (non-hydrogen) atoms. The predicted molar refractivity (Wildman–Crippen MR) is 63.5 cm³/mol. The van der Waals surface area contributed by atoms with Gasteiger partial charge in [0.25, 0.3) is 0 Å². The van der Waals surface area contributed by atoms with E-state index in [4.69, 9.17) is 14.6 Å². The standard InChI is InChI=1S/C12H11NO5/c1-17-10-3-6-7(5-11(10)18-2)13-8(12(15)16)4-9(6)14/h3-5H,1-2H3,(H,13,14)(H,15,16). The highest BCUT2D eigenvalue weighted by Crippen LogP contribution is 2.35. The van der Waals surface area contributed by atoms with E-state index < -0.39 is 5.97 Å². The molecule has 1 aromatic heterocycles. The van der Waals surface area contributed by atoms with Crippen molar-refractivity contribution >= 4 is 16.9 Å². The molecule has 0 unspecified atom stereocenters. The third kappa shape index (κ3) is 1.88. The Morgan fingerprint density at radius 2 is 1.78 bits per heavy atom. The average Bonchev–Trinajstić information content (AvgIpc) is 2.36. The highest BCUT2D eigenvalue weighted by molar-refractivity contribution is 5.94. The van der Waals surface area contributed by atoms with E-state index in [0.29, 0.717) is 22.4 Å². The first kappa shape index (κ1) is 12.0. The minimum absolute atomic E-state index is 0.168. The number of hydrogen-bond donors (Lipinski definition) is 2. The quantitative estimate of drug-likeness (QED) is 0.859. The fraction of sp³-hybridized carbons (Fsp3) is 0.167. The fourth-order valence-corrected chi connectivity index (χ4v) is 1.64. The molecule has 6 nitrogen and oxygen atoms in total. The summed E-state index contributed by atoms with van der Waals surface area (Å²) in [4.78, 5) is 14.8. The van der Waals surface area contributed by atoms with Gasteiger partial charge in [0.15, 0.2) is 17.2 Å². The largest absolute Gasteiger partial charge is 0.507 e. The lowest BCUT2D eigenvalue weighted by Crippen LogP contribution is -2.00. The number of methoxy groups -OCH3 is 2. The van der Waals surface area contributed by atoms with Gasteiger partial charge in [-0.3, -0.25) is 0 Å². The molecule has 0 saturated heterocycles. The van der Waals surface area contributed by atoms with Gasteiger partial charge >= 0.3 is 5.97 Å². The van der Waals surface area contributed by atoms with Crippen LogP contribution in [0.5, 0.6) is 17.2 Å². The Hall–Kier alpha value is -2.50. The van der Waals surface area contributed by atoms with Crippen LogP contribution in [-0.4, -0.2) is 35.4 Å². The van der Waals surface area contributed by atoms with Gasteiger partial charge in [-0.1, -0.05) is 0 Å². The van der Waals surface area contributed by atoms with Gasteiger partial charge in [-0.15, -0.1) is 0 Å². The average molecular weight is 249 g/mol. The molecular formula is C12H11NO5. The van der Waals surface area contributed by atoms with Gasteiger partial charge in [0.1, 0.15) is 5.75 Å². The van der Waals surface area contributed by atoms with Crippen LogP contribution in [0.2, 0.25) is 0 Å². The number of fused-ring (bicyclic) bond motifs is 1. The SMILES string of the molecule is COc1cc2nc(C(=O)O)cc(O)c2cc1OC. The van der Waals surface area contributed by atoms with Crippen molar-refractivity contribution in [2.24, 2.45) is 0 Å². The highest BCUT2D eigenvalue weighted by atomic mass is 16.5. The van der Waals surface area contributed by atoms with E-state index in [0.717, 1.165) is 6.07 Å². The molecule has 0 saturated carbocycles. The Bertz CT molecular complexity index is 623. The molecule has 0 bridgehead atoms. The smallest absolute Gasteiger partial charge is 0.354 e. The zero-order valence-electron chi connectivity index (χ0n) is 9.80. The highest BCUT2D eigenvalue weighted by Gasteiger charge is 2.14. The molecule has 0 amide bonds. The zero-order chi connectivity index (χ0) is 13.3. The summed E-state index contributed by atoms with van der Waals surface area (Å²) < 4.78 is 10.2. The third-order valence-corrected chi connectivity index (χ3v) is 2.51. The van der Waals surface area contributed by atoms with Crippen LogP contribution in [-0.2, 0) is 0 Å². The van der Waals surface area contributed by atoms with Crippen molar-refractivity contribution in [1.29, 1.82) is 0 Å². The number of aromatic carboxylic acids is 1. The maximum Gasteiger partial charge on any atom is 0.354 e. The number of carbonyl (C=O) groups is 1. The topological polar surface area (TPSA) is 88.9 Å². The molecule has 6 heteroatoms. The molecule has 0 aliphatic heterocycles. The summed E-state index contributed by atoms with van der Waals surface area (Å²) in [6.45, 7) is 0. The maximum atomic E-state index is 10.8. The first-order valence-electron chi connectivity index (χ1n) is 5.06. The molecule has 0 atom stereocenters. The number of hydrogen-bond acceptors (Lipinski definition) is 5. The van der Waals surface area contributed by atoms with Crippen molar-refractivity contribution in [3.8, 4) is 17.2 Å². The van der Waals surface area contributed by atoms with Crippen molar-refractivity contribution in [3.05, 3.63) is 23.9 Å². The molecule has 94 valence electrons. The van der Waals surface area contributed by atoms with E-state index in [1.54, 1.807) is 6.07 Å². The summed E-state index contributed by atoms with van der Waals surface area (Å²) in [6.07, 6.45) is 0. The van der Waals surface area contributed by atoms with Gasteiger partial charge < -0.3 is 19.7 Å². The number of ether oxygens (including phenoxy) is 2. The number of carboxylic acid groups (broad SMARTS) is 1. The van der Waals surface area contributed by atoms with E-state index >= 15 is 0 Å². The summed E-state index contributed by atoms with van der Waals surface area (Å²) in [5, 5.41) is 19.1. The first-order valence-corrected chi connectivity index (χ1v) is 5.06. The minimum atomic E-state index is -1.21. The molecule has 0 radical (unpaired) electrons. The number of nitrogens with zero attached hydrogens (tertiary/aromatic N) is 1. The van der Waals surface area contributed by atoms with Gasteiger partial charge in [-0.05, 0) is 6.07 Å². The number of aromatic nitrogens is 1. The molecule has 2 N–H and O–H groups in total. The van der Waals surface area contributed by atoms with Crippen LogP contribution in [0, 0.1) is 0 Å². The van der Waals surface area contributed by atoms with Crippen LogP contribution in [0.3, 0.4) is 0 Å². The molecule has 1 heterocycles. The predicted octanol–water partition coefficient (Wildman–Crippen LogP) is 1.66. The Kier molecular flexibility index (Phi) is 2.93. The molecule has 0 aliphatic rings. The van der Waals surface area contributed by atoms with E-state index in [1.165, 1.54) is 20.3 Å². The molecule has 0 spiro atoms. The number of carboxylic acids is 1. The summed E-state index contributed by atoms with van der Waals surface area (Å²) in [5.41, 5.74) is 0.0947. The van der Waals surface area contributed by atoms with Gasteiger partial charge in [0, 0.05) is 17.5 Å². The van der Waals surface area contributed by atoms with Crippen LogP contribution in [0.1, 0.15) is 10.5 Å². The van der Waals surface area contributed by atoms with Crippen molar-refractivity contribution in [2.45, 2.75) is 0 Å². The van der Waals surface area contributed by atoms with E-state index in [-0.39, 0.29) is 11.4 Å². The molecular weight excluding hydrogens is 238 g/mol. The van der Waals surface area contributed by atoms with Gasteiger partial charge in [0.05, 0.1) is 19.7 Å². The molecule has 2 aromatic rings. The second-order valence-electron chi connectivity index (χ2n) is 3.56. The minimum Gasteiger partial charge on any atom is -0.507 e. The lowest BCUT2D eigenvalue weighted by atomic mass is 10.1. The van der Waals surface area contributed by atoms with Gasteiger partial charge in [-0.25, -0.2) is 9.78 Å². The Morgan fingerprint density at radius 3 is 2.33 bits per heavy atom. The number of aromatic hydroxyl groups is 1. The summed E-state index contributed by atoms with van der Waals surface area (Å²) >= 11 is 0. The molecule has 1 aromatic carbocycles. The van der Waals surface area contributed by atoms with Crippen LogP contribution in [0.15, 0.2) is 18.2 Å². The second kappa shape index (κ2) is 4.40. The van der Waals surface area contributed by atoms with Crippen LogP contribution in [0.25, 0.3) is 10.9 Å². The van der Waals surface area contributed by atoms with Crippen molar-refractivity contribution in [3.63, 3.8) is 0 Å². The van der Waals surface area contributed by atoms with Gasteiger partial charge in [-0.2, -0.15) is 0 Å². The number of benzene rings is 1. The Balaban J connectivity index is 2.76. The van der Waals surface area contributed by atoms with Crippen LogP contribution in [0.4, 0.5) is 0 Å². The molecule has 2 rings (SSSR count). The monoisotopic (exact) mass is 249 g/mol. The molecule has 0 aliphatic carbocycles. The summed E-state index contributed by atoms with van der Waals surface area (Å²) in [5.74, 6) is -0.523. The summed E-state index contributed by atoms with van der Waals surface area (Å²) in [6, 6.07) is 4.15.